The van der Waals surface area contributed by atoms with Crippen molar-refractivity contribution in [1.29, 1.82) is 0 Å². The molecule has 0 aromatic carbocycles. The molecule has 0 bridgehead atoms. The molecule has 0 radical (unpaired) electrons. The molecule has 1 aliphatic heterocycles. The molecule has 21 heavy (non-hydrogen) atoms. The standard InChI is InChI=1S/C14H18BrNO4S/c1-9(11-2-3-12(15)21-11)14(19)16(8-13(17)18)10-4-6-20-7-5-10/h2-3,9-10H,4-8H2,1H3,(H,17,18)/t9-/m0/s1. The average Bonchev–Trinajstić information content (AvgIpc) is 2.90. The summed E-state index contributed by atoms with van der Waals surface area (Å²) in [7, 11) is 0. The summed E-state index contributed by atoms with van der Waals surface area (Å²) in [6.45, 7) is 2.73. The number of amides is 1. The Morgan fingerprint density at radius 3 is 2.67 bits per heavy atom. The van der Waals surface area contributed by atoms with Gasteiger partial charge in [0.2, 0.25) is 5.91 Å². The summed E-state index contributed by atoms with van der Waals surface area (Å²) in [5, 5.41) is 9.09. The fourth-order valence-electron chi connectivity index (χ4n) is 2.46. The van der Waals surface area contributed by atoms with Gasteiger partial charge in [0, 0.05) is 24.1 Å². The van der Waals surface area contributed by atoms with E-state index in [0.717, 1.165) is 8.66 Å². The fraction of sp³-hybridized carbons (Fsp3) is 0.571. The lowest BCUT2D eigenvalue weighted by atomic mass is 10.0. The molecule has 5 nitrogen and oxygen atoms in total. The van der Waals surface area contributed by atoms with Gasteiger partial charge in [-0.1, -0.05) is 0 Å². The number of carbonyl (C=O) groups excluding carboxylic acids is 1. The molecule has 1 atom stereocenters. The highest BCUT2D eigenvalue weighted by atomic mass is 79.9. The van der Waals surface area contributed by atoms with Gasteiger partial charge in [0.25, 0.3) is 0 Å². The summed E-state index contributed by atoms with van der Waals surface area (Å²) in [6.07, 6.45) is 1.39. The number of carbonyl (C=O) groups is 2. The van der Waals surface area contributed by atoms with Gasteiger partial charge in [0.15, 0.2) is 0 Å². The predicted molar refractivity (Wildman–Crippen MR) is 83.6 cm³/mol. The van der Waals surface area contributed by atoms with Crippen molar-refractivity contribution in [2.75, 3.05) is 19.8 Å². The van der Waals surface area contributed by atoms with Gasteiger partial charge in [-0.2, -0.15) is 0 Å². The molecule has 1 aromatic heterocycles. The van der Waals surface area contributed by atoms with E-state index < -0.39 is 5.97 Å². The molecule has 0 aliphatic carbocycles. The van der Waals surface area contributed by atoms with Crippen molar-refractivity contribution in [3.63, 3.8) is 0 Å². The third-order valence-corrected chi connectivity index (χ3v) is 5.42. The summed E-state index contributed by atoms with van der Waals surface area (Å²) in [6, 6.07) is 3.76. The molecule has 0 saturated carbocycles. The number of nitrogens with zero attached hydrogens (tertiary/aromatic N) is 1. The summed E-state index contributed by atoms with van der Waals surface area (Å²) in [4.78, 5) is 26.2. The number of aliphatic carboxylic acids is 1. The quantitative estimate of drug-likeness (QED) is 0.858. The minimum atomic E-state index is -0.977. The van der Waals surface area contributed by atoms with E-state index in [1.54, 1.807) is 0 Å². The van der Waals surface area contributed by atoms with Crippen LogP contribution < -0.4 is 0 Å². The van der Waals surface area contributed by atoms with Crippen molar-refractivity contribution in [3.8, 4) is 0 Å². The second-order valence-corrected chi connectivity index (χ2v) is 7.56. The Kier molecular flexibility index (Phi) is 5.78. The topological polar surface area (TPSA) is 66.8 Å². The van der Waals surface area contributed by atoms with Crippen molar-refractivity contribution >= 4 is 39.1 Å². The van der Waals surface area contributed by atoms with Crippen LogP contribution in [-0.2, 0) is 14.3 Å². The first-order chi connectivity index (χ1) is 9.99. The Morgan fingerprint density at radius 2 is 2.14 bits per heavy atom. The van der Waals surface area contributed by atoms with Crippen LogP contribution in [0.3, 0.4) is 0 Å². The van der Waals surface area contributed by atoms with Crippen LogP contribution in [0.1, 0.15) is 30.6 Å². The number of thiophene rings is 1. The van der Waals surface area contributed by atoms with Crippen LogP contribution in [0.2, 0.25) is 0 Å². The van der Waals surface area contributed by atoms with Gasteiger partial charge in [-0.05, 0) is 47.8 Å². The van der Waals surface area contributed by atoms with E-state index in [9.17, 15) is 9.59 Å². The van der Waals surface area contributed by atoms with Crippen molar-refractivity contribution in [1.82, 2.24) is 4.90 Å². The van der Waals surface area contributed by atoms with Gasteiger partial charge in [-0.25, -0.2) is 0 Å². The number of carboxylic acids is 1. The summed E-state index contributed by atoms with van der Waals surface area (Å²) < 4.78 is 6.26. The number of hydrogen-bond donors (Lipinski definition) is 1. The summed E-state index contributed by atoms with van der Waals surface area (Å²) >= 11 is 4.89. The van der Waals surface area contributed by atoms with Crippen molar-refractivity contribution < 1.29 is 19.4 Å². The third kappa shape index (κ3) is 4.28. The third-order valence-electron chi connectivity index (χ3n) is 3.61. The Morgan fingerprint density at radius 1 is 1.48 bits per heavy atom. The first-order valence-electron chi connectivity index (χ1n) is 6.84. The molecular weight excluding hydrogens is 358 g/mol. The minimum Gasteiger partial charge on any atom is -0.480 e. The van der Waals surface area contributed by atoms with E-state index in [-0.39, 0.29) is 24.4 Å². The van der Waals surface area contributed by atoms with E-state index in [1.807, 2.05) is 19.1 Å². The number of rotatable bonds is 5. The molecule has 116 valence electrons. The first kappa shape index (κ1) is 16.5. The predicted octanol–water partition coefficient (Wildman–Crippen LogP) is 2.71. The Hall–Kier alpha value is -0.920. The highest BCUT2D eigenvalue weighted by Crippen LogP contribution is 2.30. The highest BCUT2D eigenvalue weighted by molar-refractivity contribution is 9.11. The maximum absolute atomic E-state index is 12.7. The second-order valence-electron chi connectivity index (χ2n) is 5.07. The fourth-order valence-corrected chi connectivity index (χ4v) is 3.93. The smallest absolute Gasteiger partial charge is 0.323 e. The number of ether oxygens (including phenoxy) is 1. The van der Waals surface area contributed by atoms with Gasteiger partial charge in [-0.3, -0.25) is 9.59 Å². The second kappa shape index (κ2) is 7.38. The Labute approximate surface area is 136 Å². The number of hydrogen-bond acceptors (Lipinski definition) is 4. The van der Waals surface area contributed by atoms with E-state index in [4.69, 9.17) is 9.84 Å². The molecular formula is C14H18BrNO4S. The van der Waals surface area contributed by atoms with Gasteiger partial charge in [-0.15, -0.1) is 11.3 Å². The average molecular weight is 376 g/mol. The van der Waals surface area contributed by atoms with E-state index in [2.05, 4.69) is 15.9 Å². The van der Waals surface area contributed by atoms with Crippen LogP contribution >= 0.6 is 27.3 Å². The molecule has 1 saturated heterocycles. The molecule has 1 fully saturated rings. The maximum Gasteiger partial charge on any atom is 0.323 e. The zero-order chi connectivity index (χ0) is 15.4. The molecule has 1 aromatic rings. The van der Waals surface area contributed by atoms with Crippen LogP contribution in [0.4, 0.5) is 0 Å². The zero-order valence-corrected chi connectivity index (χ0v) is 14.2. The van der Waals surface area contributed by atoms with Gasteiger partial charge in [0.1, 0.15) is 6.54 Å². The monoisotopic (exact) mass is 375 g/mol. The van der Waals surface area contributed by atoms with Gasteiger partial charge < -0.3 is 14.7 Å². The van der Waals surface area contributed by atoms with Gasteiger partial charge in [0.05, 0.1) is 9.70 Å². The molecule has 7 heteroatoms. The lowest BCUT2D eigenvalue weighted by molar-refractivity contribution is -0.148. The largest absolute Gasteiger partial charge is 0.480 e. The van der Waals surface area contributed by atoms with Gasteiger partial charge >= 0.3 is 5.97 Å². The van der Waals surface area contributed by atoms with Crippen molar-refractivity contribution in [3.05, 3.63) is 20.8 Å². The molecule has 1 amide bonds. The SMILES string of the molecule is C[C@H](C(=O)N(CC(=O)O)C1CCOCC1)c1ccc(Br)s1. The lowest BCUT2D eigenvalue weighted by Gasteiger charge is -2.34. The van der Waals surface area contributed by atoms with Crippen LogP contribution in [0, 0.1) is 0 Å². The van der Waals surface area contributed by atoms with Crippen LogP contribution in [0.5, 0.6) is 0 Å². The zero-order valence-electron chi connectivity index (χ0n) is 11.8. The Bertz CT molecular complexity index is 513. The normalized spacial score (nSPS) is 17.4. The molecule has 0 unspecified atom stereocenters. The van der Waals surface area contributed by atoms with Crippen LogP contribution in [0.15, 0.2) is 15.9 Å². The molecule has 1 aliphatic rings. The number of halogens is 1. The Balaban J connectivity index is 2.14. The van der Waals surface area contributed by atoms with Crippen molar-refractivity contribution in [2.45, 2.75) is 31.7 Å². The van der Waals surface area contributed by atoms with E-state index in [0.29, 0.717) is 26.1 Å². The highest BCUT2D eigenvalue weighted by Gasteiger charge is 2.31. The van der Waals surface area contributed by atoms with Crippen LogP contribution in [-0.4, -0.2) is 47.7 Å². The van der Waals surface area contributed by atoms with Crippen LogP contribution in [0.25, 0.3) is 0 Å². The molecule has 2 rings (SSSR count). The summed E-state index contributed by atoms with van der Waals surface area (Å²) in [5.41, 5.74) is 0. The minimum absolute atomic E-state index is 0.0480. The number of carboxylic acid groups (broad SMARTS) is 1. The molecule has 0 spiro atoms. The summed E-state index contributed by atoms with van der Waals surface area (Å²) in [5.74, 6) is -1.43. The van der Waals surface area contributed by atoms with E-state index >= 15 is 0 Å². The van der Waals surface area contributed by atoms with E-state index in [1.165, 1.54) is 16.2 Å². The molecule has 1 N–H and O–H groups in total. The maximum atomic E-state index is 12.7. The molecule has 2 heterocycles. The van der Waals surface area contributed by atoms with Crippen molar-refractivity contribution in [2.24, 2.45) is 0 Å². The lowest BCUT2D eigenvalue weighted by Crippen LogP contribution is -2.47. The first-order valence-corrected chi connectivity index (χ1v) is 8.45.